The minimum absolute atomic E-state index is 0.0454. The average molecular weight is 250 g/mol. The van der Waals surface area contributed by atoms with Crippen LogP contribution in [0.25, 0.3) is 0 Å². The monoisotopic (exact) mass is 250 g/mol. The molecular weight excluding hydrogens is 236 g/mol. The zero-order valence-corrected chi connectivity index (χ0v) is 9.91. The Morgan fingerprint density at radius 2 is 2.17 bits per heavy atom. The molecule has 96 valence electrons. The van der Waals surface area contributed by atoms with E-state index in [1.54, 1.807) is 19.2 Å². The second-order valence-electron chi connectivity index (χ2n) is 4.45. The van der Waals surface area contributed by atoms with Gasteiger partial charge in [-0.25, -0.2) is 4.79 Å². The molecule has 2 N–H and O–H groups in total. The van der Waals surface area contributed by atoms with E-state index in [0.29, 0.717) is 5.56 Å². The first-order chi connectivity index (χ1) is 8.49. The fourth-order valence-electron chi connectivity index (χ4n) is 2.11. The number of carbonyl (C=O) groups is 2. The predicted octanol–water partition coefficient (Wildman–Crippen LogP) is 0.0500. The summed E-state index contributed by atoms with van der Waals surface area (Å²) in [4.78, 5) is 28.3. The zero-order chi connectivity index (χ0) is 13.3. The summed E-state index contributed by atoms with van der Waals surface area (Å²) in [6.07, 6.45) is 2.30. The SMILES string of the molecule is Cc1cncc(C(=O)N2C[C@@H](O)C[C@H]2C(=O)O)c1. The molecule has 6 nitrogen and oxygen atoms in total. The molecule has 1 aromatic rings. The van der Waals surface area contributed by atoms with E-state index in [2.05, 4.69) is 4.98 Å². The Kier molecular flexibility index (Phi) is 3.29. The molecule has 0 unspecified atom stereocenters. The number of amides is 1. The summed E-state index contributed by atoms with van der Waals surface area (Å²) in [5.41, 5.74) is 1.17. The van der Waals surface area contributed by atoms with E-state index in [9.17, 15) is 14.7 Å². The van der Waals surface area contributed by atoms with Gasteiger partial charge < -0.3 is 15.1 Å². The van der Waals surface area contributed by atoms with Crippen molar-refractivity contribution in [1.29, 1.82) is 0 Å². The van der Waals surface area contributed by atoms with E-state index >= 15 is 0 Å². The van der Waals surface area contributed by atoms with Crippen molar-refractivity contribution in [1.82, 2.24) is 9.88 Å². The number of pyridine rings is 1. The van der Waals surface area contributed by atoms with Gasteiger partial charge in [-0.2, -0.15) is 0 Å². The topological polar surface area (TPSA) is 90.7 Å². The van der Waals surface area contributed by atoms with Gasteiger partial charge in [0.05, 0.1) is 11.7 Å². The van der Waals surface area contributed by atoms with Crippen LogP contribution in [0.15, 0.2) is 18.5 Å². The molecule has 6 heteroatoms. The molecule has 1 aliphatic heterocycles. The number of aliphatic hydroxyl groups excluding tert-OH is 1. The summed E-state index contributed by atoms with van der Waals surface area (Å²) in [6.45, 7) is 1.85. The van der Waals surface area contributed by atoms with Crippen LogP contribution < -0.4 is 0 Å². The lowest BCUT2D eigenvalue weighted by atomic mass is 10.1. The maximum atomic E-state index is 12.2. The zero-order valence-electron chi connectivity index (χ0n) is 9.91. The highest BCUT2D eigenvalue weighted by molar-refractivity contribution is 5.96. The van der Waals surface area contributed by atoms with Gasteiger partial charge in [0.15, 0.2) is 0 Å². The Morgan fingerprint density at radius 1 is 1.44 bits per heavy atom. The third-order valence-electron chi connectivity index (χ3n) is 2.95. The van der Waals surface area contributed by atoms with Gasteiger partial charge >= 0.3 is 5.97 Å². The number of hydrogen-bond acceptors (Lipinski definition) is 4. The fraction of sp³-hybridized carbons (Fsp3) is 0.417. The number of aliphatic carboxylic acids is 1. The fourth-order valence-corrected chi connectivity index (χ4v) is 2.11. The minimum atomic E-state index is -1.10. The molecular formula is C12H14N2O4. The molecule has 2 heterocycles. The summed E-state index contributed by atoms with van der Waals surface area (Å²) < 4.78 is 0. The van der Waals surface area contributed by atoms with Gasteiger partial charge in [0.2, 0.25) is 0 Å². The Bertz CT molecular complexity index is 489. The Morgan fingerprint density at radius 3 is 2.78 bits per heavy atom. The third-order valence-corrected chi connectivity index (χ3v) is 2.95. The van der Waals surface area contributed by atoms with Crippen molar-refractivity contribution < 1.29 is 19.8 Å². The first-order valence-electron chi connectivity index (χ1n) is 5.62. The van der Waals surface area contributed by atoms with Gasteiger partial charge in [0.25, 0.3) is 5.91 Å². The molecule has 0 aliphatic carbocycles. The number of aliphatic hydroxyl groups is 1. The summed E-state index contributed by atoms with van der Waals surface area (Å²) in [5.74, 6) is -1.50. The number of β-amino-alcohol motifs (C(OH)–C–C–N with tert-alkyl or cyclic N) is 1. The number of rotatable bonds is 2. The number of hydrogen-bond donors (Lipinski definition) is 2. The molecule has 0 spiro atoms. The minimum Gasteiger partial charge on any atom is -0.480 e. The van der Waals surface area contributed by atoms with Gasteiger partial charge in [-0.1, -0.05) is 0 Å². The second-order valence-corrected chi connectivity index (χ2v) is 4.45. The second kappa shape index (κ2) is 4.73. The number of carbonyl (C=O) groups excluding carboxylic acids is 1. The summed E-state index contributed by atoms with van der Waals surface area (Å²) >= 11 is 0. The van der Waals surface area contributed by atoms with Crippen LogP contribution in [0.4, 0.5) is 0 Å². The molecule has 1 fully saturated rings. The number of aryl methyl sites for hydroxylation is 1. The van der Waals surface area contributed by atoms with Crippen LogP contribution in [0.5, 0.6) is 0 Å². The Labute approximate surface area is 104 Å². The summed E-state index contributed by atoms with van der Waals surface area (Å²) in [6, 6.07) is 0.687. The highest BCUT2D eigenvalue weighted by Crippen LogP contribution is 2.20. The molecule has 1 saturated heterocycles. The molecule has 0 aromatic carbocycles. The van der Waals surface area contributed by atoms with Gasteiger partial charge in [0.1, 0.15) is 6.04 Å². The van der Waals surface area contributed by atoms with Crippen LogP contribution in [0.2, 0.25) is 0 Å². The van der Waals surface area contributed by atoms with Crippen LogP contribution in [0.3, 0.4) is 0 Å². The van der Waals surface area contributed by atoms with Crippen molar-refractivity contribution in [2.24, 2.45) is 0 Å². The van der Waals surface area contributed by atoms with E-state index in [0.717, 1.165) is 5.56 Å². The number of likely N-dealkylation sites (tertiary alicyclic amines) is 1. The lowest BCUT2D eigenvalue weighted by Gasteiger charge is -2.21. The molecule has 2 atom stereocenters. The molecule has 0 saturated carbocycles. The van der Waals surface area contributed by atoms with E-state index < -0.39 is 24.0 Å². The van der Waals surface area contributed by atoms with Crippen LogP contribution in [-0.2, 0) is 4.79 Å². The van der Waals surface area contributed by atoms with Crippen molar-refractivity contribution in [3.05, 3.63) is 29.6 Å². The Balaban J connectivity index is 2.25. The van der Waals surface area contributed by atoms with Gasteiger partial charge in [0, 0.05) is 25.4 Å². The predicted molar refractivity (Wildman–Crippen MR) is 62.1 cm³/mol. The number of carboxylic acids is 1. The maximum absolute atomic E-state index is 12.2. The largest absolute Gasteiger partial charge is 0.480 e. The first kappa shape index (κ1) is 12.5. The number of carboxylic acid groups (broad SMARTS) is 1. The van der Waals surface area contributed by atoms with Crippen molar-refractivity contribution in [3.8, 4) is 0 Å². The van der Waals surface area contributed by atoms with Crippen molar-refractivity contribution >= 4 is 11.9 Å². The first-order valence-corrected chi connectivity index (χ1v) is 5.62. The number of aromatic nitrogens is 1. The molecule has 18 heavy (non-hydrogen) atoms. The molecule has 1 amide bonds. The lowest BCUT2D eigenvalue weighted by molar-refractivity contribution is -0.141. The lowest BCUT2D eigenvalue weighted by Crippen LogP contribution is -2.40. The molecule has 2 rings (SSSR count). The molecule has 0 bridgehead atoms. The maximum Gasteiger partial charge on any atom is 0.326 e. The van der Waals surface area contributed by atoms with E-state index in [4.69, 9.17) is 5.11 Å². The van der Waals surface area contributed by atoms with E-state index in [-0.39, 0.29) is 13.0 Å². The van der Waals surface area contributed by atoms with E-state index in [1.807, 2.05) is 0 Å². The number of nitrogens with zero attached hydrogens (tertiary/aromatic N) is 2. The van der Waals surface area contributed by atoms with Crippen LogP contribution in [0, 0.1) is 6.92 Å². The smallest absolute Gasteiger partial charge is 0.326 e. The highest BCUT2D eigenvalue weighted by Gasteiger charge is 2.39. The molecule has 0 radical (unpaired) electrons. The summed E-state index contributed by atoms with van der Waals surface area (Å²) in [5, 5.41) is 18.5. The van der Waals surface area contributed by atoms with Crippen LogP contribution in [0.1, 0.15) is 22.3 Å². The Hall–Kier alpha value is -1.95. The standard InChI is InChI=1S/C12H14N2O4/c1-7-2-8(5-13-4-7)11(16)14-6-9(15)3-10(14)12(17)18/h2,4-5,9-10,15H,3,6H2,1H3,(H,17,18)/t9-,10-/m0/s1. The van der Waals surface area contributed by atoms with Gasteiger partial charge in [-0.05, 0) is 18.6 Å². The highest BCUT2D eigenvalue weighted by atomic mass is 16.4. The van der Waals surface area contributed by atoms with Crippen LogP contribution >= 0.6 is 0 Å². The quantitative estimate of drug-likeness (QED) is 0.774. The summed E-state index contributed by atoms with van der Waals surface area (Å²) in [7, 11) is 0. The molecule has 1 aliphatic rings. The van der Waals surface area contributed by atoms with Crippen molar-refractivity contribution in [2.45, 2.75) is 25.5 Å². The van der Waals surface area contributed by atoms with Crippen LogP contribution in [-0.4, -0.2) is 50.7 Å². The van der Waals surface area contributed by atoms with Gasteiger partial charge in [-0.3, -0.25) is 9.78 Å². The molecule has 1 aromatic heterocycles. The normalized spacial score (nSPS) is 23.1. The van der Waals surface area contributed by atoms with E-state index in [1.165, 1.54) is 11.1 Å². The van der Waals surface area contributed by atoms with Gasteiger partial charge in [-0.15, -0.1) is 0 Å². The van der Waals surface area contributed by atoms with Crippen molar-refractivity contribution in [2.75, 3.05) is 6.54 Å². The third kappa shape index (κ3) is 2.33. The van der Waals surface area contributed by atoms with Crippen molar-refractivity contribution in [3.63, 3.8) is 0 Å². The average Bonchev–Trinajstić information content (AvgIpc) is 2.70.